The number of esters is 1. The average Bonchev–Trinajstić information content (AvgIpc) is 3.07. The number of nitrogens with one attached hydrogen (secondary N) is 1. The number of rotatable bonds is 10. The van der Waals surface area contributed by atoms with Gasteiger partial charge in [0.25, 0.3) is 11.1 Å². The SMILES string of the molecule is CCOC(=O)COc1c(Br)cc(/C=C2/SC(=O)N(CC(=O)Nc3ccccc3Cl)C2=O)cc1OCC. The molecule has 0 unspecified atom stereocenters. The molecule has 1 N–H and O–H groups in total. The van der Waals surface area contributed by atoms with E-state index in [1.807, 2.05) is 0 Å². The third-order valence-electron chi connectivity index (χ3n) is 4.59. The predicted octanol–water partition coefficient (Wildman–Crippen LogP) is 5.12. The summed E-state index contributed by atoms with van der Waals surface area (Å²) in [5, 5.41) is 2.36. The van der Waals surface area contributed by atoms with Crippen LogP contribution >= 0.6 is 39.3 Å². The number of nitrogens with zero attached hydrogens (tertiary/aromatic N) is 1. The van der Waals surface area contributed by atoms with E-state index in [-0.39, 0.29) is 18.1 Å². The predicted molar refractivity (Wildman–Crippen MR) is 140 cm³/mol. The summed E-state index contributed by atoms with van der Waals surface area (Å²) in [7, 11) is 0. The van der Waals surface area contributed by atoms with Crippen molar-refractivity contribution in [2.75, 3.05) is 31.7 Å². The lowest BCUT2D eigenvalue weighted by molar-refractivity contribution is -0.145. The van der Waals surface area contributed by atoms with E-state index in [0.29, 0.717) is 38.9 Å². The maximum absolute atomic E-state index is 12.9. The zero-order chi connectivity index (χ0) is 26.2. The van der Waals surface area contributed by atoms with Gasteiger partial charge in [0.1, 0.15) is 6.54 Å². The number of ether oxygens (including phenoxy) is 3. The number of halogens is 2. The summed E-state index contributed by atoms with van der Waals surface area (Å²) < 4.78 is 16.5. The Kier molecular flexibility index (Phi) is 9.80. The van der Waals surface area contributed by atoms with Crippen LogP contribution in [0.1, 0.15) is 19.4 Å². The summed E-state index contributed by atoms with van der Waals surface area (Å²) >= 11 is 10.2. The molecule has 0 bridgehead atoms. The highest BCUT2D eigenvalue weighted by molar-refractivity contribution is 9.10. The molecule has 12 heteroatoms. The van der Waals surface area contributed by atoms with Crippen molar-refractivity contribution < 1.29 is 33.4 Å². The van der Waals surface area contributed by atoms with Crippen LogP contribution in [-0.2, 0) is 19.1 Å². The molecule has 3 amide bonds. The molecule has 0 saturated carbocycles. The zero-order valence-corrected chi connectivity index (χ0v) is 22.5. The van der Waals surface area contributed by atoms with Gasteiger partial charge in [-0.05, 0) is 77.4 Å². The molecule has 3 rings (SSSR count). The van der Waals surface area contributed by atoms with Crippen LogP contribution in [0.25, 0.3) is 6.08 Å². The number of amides is 3. The fourth-order valence-corrected chi connectivity index (χ4v) is 4.69. The minimum atomic E-state index is -0.601. The molecule has 9 nitrogen and oxygen atoms in total. The minimum absolute atomic E-state index is 0.139. The highest BCUT2D eigenvalue weighted by atomic mass is 79.9. The summed E-state index contributed by atoms with van der Waals surface area (Å²) in [4.78, 5) is 50.4. The van der Waals surface area contributed by atoms with Gasteiger partial charge in [0.2, 0.25) is 5.91 Å². The maximum atomic E-state index is 12.9. The summed E-state index contributed by atoms with van der Waals surface area (Å²) in [5.74, 6) is -1.05. The molecule has 1 saturated heterocycles. The Bertz CT molecular complexity index is 1220. The first-order valence-electron chi connectivity index (χ1n) is 10.8. The standard InChI is InChI=1S/C24H22BrClN2O7S/c1-3-33-18-10-14(9-15(25)22(18)35-13-21(30)34-4-2)11-19-23(31)28(24(32)36-19)12-20(29)27-17-8-6-5-7-16(17)26/h5-11H,3-4,12-13H2,1-2H3,(H,27,29)/b19-11+. The summed E-state index contributed by atoms with van der Waals surface area (Å²) in [5.41, 5.74) is 0.921. The van der Waals surface area contributed by atoms with Gasteiger partial charge in [0.15, 0.2) is 18.1 Å². The number of anilines is 1. The van der Waals surface area contributed by atoms with Gasteiger partial charge >= 0.3 is 5.97 Å². The molecular formula is C24H22BrClN2O7S. The molecule has 2 aromatic carbocycles. The summed E-state index contributed by atoms with van der Waals surface area (Å²) in [6.45, 7) is 3.28. The van der Waals surface area contributed by atoms with Gasteiger partial charge in [-0.3, -0.25) is 19.3 Å². The average molecular weight is 598 g/mol. The third-order valence-corrected chi connectivity index (χ3v) is 6.42. The number of thioether (sulfide) groups is 1. The van der Waals surface area contributed by atoms with E-state index < -0.39 is 29.6 Å². The van der Waals surface area contributed by atoms with Crippen LogP contribution in [0.4, 0.5) is 10.5 Å². The lowest BCUT2D eigenvalue weighted by Gasteiger charge is -2.14. The van der Waals surface area contributed by atoms with Crippen molar-refractivity contribution >= 4 is 74.1 Å². The molecule has 36 heavy (non-hydrogen) atoms. The van der Waals surface area contributed by atoms with Gasteiger partial charge in [0, 0.05) is 0 Å². The van der Waals surface area contributed by atoms with Gasteiger partial charge in [0.05, 0.1) is 33.3 Å². The molecule has 2 aromatic rings. The highest BCUT2D eigenvalue weighted by Gasteiger charge is 2.36. The first-order valence-corrected chi connectivity index (χ1v) is 12.8. The minimum Gasteiger partial charge on any atom is -0.490 e. The summed E-state index contributed by atoms with van der Waals surface area (Å²) in [6.07, 6.45) is 1.51. The van der Waals surface area contributed by atoms with Crippen LogP contribution in [0.2, 0.25) is 5.02 Å². The van der Waals surface area contributed by atoms with Crippen LogP contribution in [0, 0.1) is 0 Å². The maximum Gasteiger partial charge on any atom is 0.344 e. The van der Waals surface area contributed by atoms with Crippen LogP contribution in [0.15, 0.2) is 45.8 Å². The first kappa shape index (κ1) is 27.6. The van der Waals surface area contributed by atoms with Crippen LogP contribution in [0.5, 0.6) is 11.5 Å². The van der Waals surface area contributed by atoms with Crippen LogP contribution in [-0.4, -0.2) is 54.3 Å². The fraction of sp³-hybridized carbons (Fsp3) is 0.250. The number of carbonyl (C=O) groups excluding carboxylic acids is 4. The third kappa shape index (κ3) is 7.02. The van der Waals surface area contributed by atoms with Crippen molar-refractivity contribution in [3.63, 3.8) is 0 Å². The second-order valence-electron chi connectivity index (χ2n) is 7.15. The van der Waals surface area contributed by atoms with E-state index in [1.165, 1.54) is 6.08 Å². The van der Waals surface area contributed by atoms with E-state index in [4.69, 9.17) is 25.8 Å². The molecule has 1 fully saturated rings. The molecule has 0 radical (unpaired) electrons. The molecule has 1 aliphatic rings. The molecular weight excluding hydrogens is 576 g/mol. The van der Waals surface area contributed by atoms with E-state index in [9.17, 15) is 19.2 Å². The lowest BCUT2D eigenvalue weighted by Crippen LogP contribution is -2.36. The Morgan fingerprint density at radius 3 is 2.58 bits per heavy atom. The Balaban J connectivity index is 1.76. The quantitative estimate of drug-likeness (QED) is 0.297. The monoisotopic (exact) mass is 596 g/mol. The lowest BCUT2D eigenvalue weighted by atomic mass is 10.2. The van der Waals surface area contributed by atoms with Gasteiger partial charge in [-0.25, -0.2) is 4.79 Å². The van der Waals surface area contributed by atoms with Crippen molar-refractivity contribution in [3.8, 4) is 11.5 Å². The van der Waals surface area contributed by atoms with Gasteiger partial charge in [-0.2, -0.15) is 0 Å². The number of imide groups is 1. The largest absolute Gasteiger partial charge is 0.490 e. The number of carbonyl (C=O) groups is 4. The van der Waals surface area contributed by atoms with Crippen LogP contribution in [0.3, 0.4) is 0 Å². The fourth-order valence-electron chi connectivity index (χ4n) is 3.09. The zero-order valence-electron chi connectivity index (χ0n) is 19.3. The molecule has 0 aromatic heterocycles. The second kappa shape index (κ2) is 12.8. The number of benzene rings is 2. The normalized spacial score (nSPS) is 14.2. The molecule has 1 aliphatic heterocycles. The second-order valence-corrected chi connectivity index (χ2v) is 9.41. The number of para-hydroxylation sites is 1. The topological polar surface area (TPSA) is 111 Å². The molecule has 0 spiro atoms. The Morgan fingerprint density at radius 2 is 1.89 bits per heavy atom. The summed E-state index contributed by atoms with van der Waals surface area (Å²) in [6, 6.07) is 9.91. The molecule has 0 aliphatic carbocycles. The van der Waals surface area contributed by atoms with Crippen molar-refractivity contribution in [2.24, 2.45) is 0 Å². The van der Waals surface area contributed by atoms with Crippen molar-refractivity contribution in [1.82, 2.24) is 4.90 Å². The van der Waals surface area contributed by atoms with Gasteiger partial charge < -0.3 is 19.5 Å². The van der Waals surface area contributed by atoms with Gasteiger partial charge in [-0.15, -0.1) is 0 Å². The van der Waals surface area contributed by atoms with E-state index >= 15 is 0 Å². The van der Waals surface area contributed by atoms with Crippen molar-refractivity contribution in [3.05, 3.63) is 56.4 Å². The number of hydrogen-bond donors (Lipinski definition) is 1. The van der Waals surface area contributed by atoms with Crippen LogP contribution < -0.4 is 14.8 Å². The number of hydrogen-bond acceptors (Lipinski definition) is 8. The van der Waals surface area contributed by atoms with Crippen molar-refractivity contribution in [1.29, 1.82) is 0 Å². The Labute approximate surface area is 225 Å². The van der Waals surface area contributed by atoms with E-state index in [0.717, 1.165) is 16.7 Å². The molecule has 0 atom stereocenters. The first-order chi connectivity index (χ1) is 17.2. The molecule has 190 valence electrons. The molecule has 1 heterocycles. The van der Waals surface area contributed by atoms with E-state index in [2.05, 4.69) is 21.2 Å². The van der Waals surface area contributed by atoms with E-state index in [1.54, 1.807) is 50.2 Å². The smallest absolute Gasteiger partial charge is 0.344 e. The Hall–Kier alpha value is -3.02. The van der Waals surface area contributed by atoms with Crippen molar-refractivity contribution in [2.45, 2.75) is 13.8 Å². The highest BCUT2D eigenvalue weighted by Crippen LogP contribution is 2.39. The Morgan fingerprint density at radius 1 is 1.14 bits per heavy atom. The van der Waals surface area contributed by atoms with Gasteiger partial charge in [-0.1, -0.05) is 23.7 Å².